The van der Waals surface area contributed by atoms with Crippen molar-refractivity contribution in [2.24, 2.45) is 4.99 Å². The van der Waals surface area contributed by atoms with Gasteiger partial charge in [-0.1, -0.05) is 17.7 Å². The van der Waals surface area contributed by atoms with E-state index in [9.17, 15) is 0 Å². The molecule has 1 N–H and O–H groups in total. The minimum Gasteiger partial charge on any atom is -0.347 e. The molecule has 0 aliphatic carbocycles. The van der Waals surface area contributed by atoms with Crippen LogP contribution in [-0.2, 0) is 0 Å². The van der Waals surface area contributed by atoms with Crippen LogP contribution < -0.4 is 5.32 Å². The van der Waals surface area contributed by atoms with Crippen LogP contribution in [0, 0.1) is 6.92 Å². The first-order valence-electron chi connectivity index (χ1n) is 4.53. The summed E-state index contributed by atoms with van der Waals surface area (Å²) < 4.78 is 0. The molecule has 2 nitrogen and oxygen atoms in total. The van der Waals surface area contributed by atoms with Crippen LogP contribution in [0.25, 0.3) is 0 Å². The first-order chi connectivity index (χ1) is 6.18. The molecule has 0 bridgehead atoms. The Labute approximate surface area is 79.7 Å². The lowest BCUT2D eigenvalue weighted by atomic mass is 10.2. The summed E-state index contributed by atoms with van der Waals surface area (Å²) in [6.45, 7) is 6.17. The van der Waals surface area contributed by atoms with Crippen LogP contribution in [0.4, 0.5) is 5.69 Å². The molecule has 0 aliphatic heterocycles. The fraction of sp³-hybridized carbons (Fsp3) is 0.364. The zero-order chi connectivity index (χ0) is 9.68. The van der Waals surface area contributed by atoms with Gasteiger partial charge in [-0.2, -0.15) is 0 Å². The third kappa shape index (κ3) is 3.74. The van der Waals surface area contributed by atoms with E-state index in [1.807, 2.05) is 26.0 Å². The topological polar surface area (TPSA) is 24.4 Å². The SMILES string of the molecule is Cc1ccc(NC=NC(C)C)cc1. The summed E-state index contributed by atoms with van der Waals surface area (Å²) in [5.41, 5.74) is 2.35. The van der Waals surface area contributed by atoms with Crippen LogP contribution in [0.1, 0.15) is 19.4 Å². The predicted molar refractivity (Wildman–Crippen MR) is 58.4 cm³/mol. The summed E-state index contributed by atoms with van der Waals surface area (Å²) in [7, 11) is 0. The Hall–Kier alpha value is -1.31. The molecule has 0 heterocycles. The summed E-state index contributed by atoms with van der Waals surface area (Å²) >= 11 is 0. The molecule has 0 radical (unpaired) electrons. The zero-order valence-corrected chi connectivity index (χ0v) is 8.41. The molecule has 0 amide bonds. The Bertz CT molecular complexity index is 273. The van der Waals surface area contributed by atoms with Gasteiger partial charge < -0.3 is 5.32 Å². The smallest absolute Gasteiger partial charge is 0.0871 e. The van der Waals surface area contributed by atoms with Crippen LogP contribution in [0.2, 0.25) is 0 Å². The Morgan fingerprint density at radius 1 is 1.23 bits per heavy atom. The number of rotatable bonds is 3. The van der Waals surface area contributed by atoms with Crippen molar-refractivity contribution in [3.8, 4) is 0 Å². The van der Waals surface area contributed by atoms with Crippen molar-refractivity contribution in [2.75, 3.05) is 5.32 Å². The van der Waals surface area contributed by atoms with Crippen LogP contribution in [0.15, 0.2) is 29.3 Å². The lowest BCUT2D eigenvalue weighted by molar-refractivity contribution is 0.840. The Morgan fingerprint density at radius 2 is 1.85 bits per heavy atom. The van der Waals surface area contributed by atoms with Crippen LogP contribution in [0.3, 0.4) is 0 Å². The second-order valence-corrected chi connectivity index (χ2v) is 3.38. The van der Waals surface area contributed by atoms with E-state index in [0.717, 1.165) is 5.69 Å². The summed E-state index contributed by atoms with van der Waals surface area (Å²) in [5, 5.41) is 3.11. The highest BCUT2D eigenvalue weighted by Gasteiger charge is 1.88. The first kappa shape index (κ1) is 9.78. The van der Waals surface area contributed by atoms with E-state index in [0.29, 0.717) is 6.04 Å². The van der Waals surface area contributed by atoms with Crippen LogP contribution in [-0.4, -0.2) is 12.4 Å². The van der Waals surface area contributed by atoms with Gasteiger partial charge in [0.15, 0.2) is 0 Å². The quantitative estimate of drug-likeness (QED) is 0.556. The number of benzene rings is 1. The third-order valence-corrected chi connectivity index (χ3v) is 1.66. The second-order valence-electron chi connectivity index (χ2n) is 3.38. The summed E-state index contributed by atoms with van der Waals surface area (Å²) in [5.74, 6) is 0. The highest BCUT2D eigenvalue weighted by Crippen LogP contribution is 2.06. The highest BCUT2D eigenvalue weighted by molar-refractivity contribution is 5.75. The van der Waals surface area contributed by atoms with Gasteiger partial charge in [-0.25, -0.2) is 0 Å². The van der Waals surface area contributed by atoms with Crippen LogP contribution >= 0.6 is 0 Å². The molecule has 70 valence electrons. The molecular formula is C11H16N2. The van der Waals surface area contributed by atoms with E-state index >= 15 is 0 Å². The number of hydrogen-bond donors (Lipinski definition) is 1. The van der Waals surface area contributed by atoms with Gasteiger partial charge in [-0.05, 0) is 32.9 Å². The average Bonchev–Trinajstić information content (AvgIpc) is 2.08. The van der Waals surface area contributed by atoms with Gasteiger partial charge in [0.1, 0.15) is 0 Å². The Morgan fingerprint density at radius 3 is 2.38 bits per heavy atom. The number of nitrogens with one attached hydrogen (secondary N) is 1. The number of aryl methyl sites for hydroxylation is 1. The molecule has 0 spiro atoms. The van der Waals surface area contributed by atoms with Crippen molar-refractivity contribution in [1.82, 2.24) is 0 Å². The second kappa shape index (κ2) is 4.65. The predicted octanol–water partition coefficient (Wildman–Crippen LogP) is 2.84. The van der Waals surface area contributed by atoms with Gasteiger partial charge in [0.2, 0.25) is 0 Å². The minimum atomic E-state index is 0.345. The van der Waals surface area contributed by atoms with E-state index in [1.165, 1.54) is 5.56 Å². The maximum atomic E-state index is 4.21. The fourth-order valence-corrected chi connectivity index (χ4v) is 0.911. The number of hydrogen-bond acceptors (Lipinski definition) is 1. The molecule has 1 aromatic rings. The van der Waals surface area contributed by atoms with Gasteiger partial charge in [0.25, 0.3) is 0 Å². The normalized spacial score (nSPS) is 11.1. The maximum Gasteiger partial charge on any atom is 0.0871 e. The van der Waals surface area contributed by atoms with Crippen molar-refractivity contribution >= 4 is 12.0 Å². The molecule has 0 aromatic heterocycles. The molecule has 0 atom stereocenters. The van der Waals surface area contributed by atoms with Gasteiger partial charge in [0.05, 0.1) is 6.34 Å². The van der Waals surface area contributed by atoms with Crippen molar-refractivity contribution in [1.29, 1.82) is 0 Å². The summed E-state index contributed by atoms with van der Waals surface area (Å²) in [4.78, 5) is 4.21. The molecule has 2 heteroatoms. The lowest BCUT2D eigenvalue weighted by Crippen LogP contribution is -1.98. The van der Waals surface area contributed by atoms with E-state index in [4.69, 9.17) is 0 Å². The van der Waals surface area contributed by atoms with E-state index in [2.05, 4.69) is 29.4 Å². The molecule has 0 unspecified atom stereocenters. The van der Waals surface area contributed by atoms with Gasteiger partial charge >= 0.3 is 0 Å². The largest absolute Gasteiger partial charge is 0.347 e. The molecule has 1 aromatic carbocycles. The molecule has 1 rings (SSSR count). The lowest BCUT2D eigenvalue weighted by Gasteiger charge is -2.01. The van der Waals surface area contributed by atoms with Crippen molar-refractivity contribution in [2.45, 2.75) is 26.8 Å². The standard InChI is InChI=1S/C11H16N2/c1-9(2)12-8-13-11-6-4-10(3)5-7-11/h4-9H,1-3H3,(H,12,13). The molecular weight excluding hydrogens is 160 g/mol. The van der Waals surface area contributed by atoms with E-state index in [1.54, 1.807) is 6.34 Å². The van der Waals surface area contributed by atoms with Crippen LogP contribution in [0.5, 0.6) is 0 Å². The maximum absolute atomic E-state index is 4.21. The van der Waals surface area contributed by atoms with Crippen molar-refractivity contribution in [3.05, 3.63) is 29.8 Å². The number of anilines is 1. The van der Waals surface area contributed by atoms with Crippen molar-refractivity contribution < 1.29 is 0 Å². The third-order valence-electron chi connectivity index (χ3n) is 1.66. The Kier molecular flexibility index (Phi) is 3.50. The Balaban J connectivity index is 2.50. The molecule has 0 saturated heterocycles. The number of nitrogens with zero attached hydrogens (tertiary/aromatic N) is 1. The average molecular weight is 176 g/mol. The first-order valence-corrected chi connectivity index (χ1v) is 4.53. The minimum absolute atomic E-state index is 0.345. The van der Waals surface area contributed by atoms with Gasteiger partial charge in [-0.15, -0.1) is 0 Å². The fourth-order valence-electron chi connectivity index (χ4n) is 0.911. The molecule has 0 saturated carbocycles. The highest BCUT2D eigenvalue weighted by atomic mass is 14.9. The van der Waals surface area contributed by atoms with E-state index < -0.39 is 0 Å². The molecule has 0 fully saturated rings. The summed E-state index contributed by atoms with van der Waals surface area (Å²) in [6.07, 6.45) is 1.75. The van der Waals surface area contributed by atoms with E-state index in [-0.39, 0.29) is 0 Å². The van der Waals surface area contributed by atoms with Crippen molar-refractivity contribution in [3.63, 3.8) is 0 Å². The molecule has 13 heavy (non-hydrogen) atoms. The molecule has 0 aliphatic rings. The monoisotopic (exact) mass is 176 g/mol. The van der Waals surface area contributed by atoms with Gasteiger partial charge in [0, 0.05) is 11.7 Å². The summed E-state index contributed by atoms with van der Waals surface area (Å²) in [6, 6.07) is 8.58. The number of aliphatic imine (C=N–C) groups is 1. The van der Waals surface area contributed by atoms with Gasteiger partial charge in [-0.3, -0.25) is 4.99 Å². The zero-order valence-electron chi connectivity index (χ0n) is 8.41.